The number of hydrogen-bond acceptors (Lipinski definition) is 5. The van der Waals surface area contributed by atoms with Crippen molar-refractivity contribution in [3.05, 3.63) is 50.5 Å². The van der Waals surface area contributed by atoms with Gasteiger partial charge in [-0.25, -0.2) is 0 Å². The van der Waals surface area contributed by atoms with E-state index in [-0.39, 0.29) is 11.4 Å². The summed E-state index contributed by atoms with van der Waals surface area (Å²) in [5.74, 6) is 0. The Kier molecular flexibility index (Phi) is 2.21. The van der Waals surface area contributed by atoms with Gasteiger partial charge in [0.15, 0.2) is 0 Å². The van der Waals surface area contributed by atoms with Crippen molar-refractivity contribution in [1.29, 1.82) is 0 Å². The SMILES string of the molecule is Nc1c(NCc2ccccn2)c(=O)c1=O. The number of nitrogens with two attached hydrogens (primary N) is 1. The molecule has 1 aromatic carbocycles. The number of nitrogens with one attached hydrogen (secondary N) is 1. The summed E-state index contributed by atoms with van der Waals surface area (Å²) < 4.78 is 0. The Hall–Kier alpha value is -2.17. The highest BCUT2D eigenvalue weighted by molar-refractivity contribution is 5.71. The zero-order valence-corrected chi connectivity index (χ0v) is 7.86. The molecule has 76 valence electrons. The minimum atomic E-state index is -0.612. The van der Waals surface area contributed by atoms with Gasteiger partial charge in [0.05, 0.1) is 12.2 Å². The summed E-state index contributed by atoms with van der Waals surface area (Å²) in [6, 6.07) is 5.46. The van der Waals surface area contributed by atoms with E-state index in [0.29, 0.717) is 6.54 Å². The van der Waals surface area contributed by atoms with E-state index in [4.69, 9.17) is 5.73 Å². The molecule has 0 atom stereocenters. The second-order valence-corrected chi connectivity index (χ2v) is 3.12. The molecule has 0 aliphatic heterocycles. The first kappa shape index (κ1) is 9.39. The third kappa shape index (κ3) is 1.59. The highest BCUT2D eigenvalue weighted by Gasteiger charge is 2.16. The van der Waals surface area contributed by atoms with Gasteiger partial charge in [0.1, 0.15) is 11.4 Å². The molecule has 0 fully saturated rings. The number of anilines is 2. The highest BCUT2D eigenvalue weighted by atomic mass is 16.2. The summed E-state index contributed by atoms with van der Waals surface area (Å²) in [6.45, 7) is 0.385. The lowest BCUT2D eigenvalue weighted by atomic mass is 10.2. The molecule has 5 heteroatoms. The van der Waals surface area contributed by atoms with Gasteiger partial charge in [0, 0.05) is 6.20 Å². The van der Waals surface area contributed by atoms with Crippen molar-refractivity contribution in [1.82, 2.24) is 4.98 Å². The number of hydrogen-bond donors (Lipinski definition) is 2. The molecule has 0 amide bonds. The lowest BCUT2D eigenvalue weighted by Gasteiger charge is -2.08. The lowest BCUT2D eigenvalue weighted by molar-refractivity contribution is 1.04. The smallest absolute Gasteiger partial charge is 0.253 e. The largest absolute Gasteiger partial charge is 0.394 e. The van der Waals surface area contributed by atoms with Crippen LogP contribution in [-0.4, -0.2) is 4.98 Å². The van der Waals surface area contributed by atoms with E-state index in [1.165, 1.54) is 0 Å². The number of pyridine rings is 1. The van der Waals surface area contributed by atoms with Crippen LogP contribution < -0.4 is 21.9 Å². The van der Waals surface area contributed by atoms with Crippen LogP contribution in [0.1, 0.15) is 5.69 Å². The average molecular weight is 203 g/mol. The molecular formula is C10H9N3O2. The summed E-state index contributed by atoms with van der Waals surface area (Å²) in [5, 5.41) is 2.79. The number of rotatable bonds is 3. The average Bonchev–Trinajstić information content (AvgIpc) is 2.30. The number of nitrogen functional groups attached to an aromatic ring is 1. The molecule has 2 aromatic rings. The van der Waals surface area contributed by atoms with E-state index in [2.05, 4.69) is 10.3 Å². The Morgan fingerprint density at radius 1 is 1.27 bits per heavy atom. The van der Waals surface area contributed by atoms with Gasteiger partial charge in [-0.1, -0.05) is 6.07 Å². The van der Waals surface area contributed by atoms with Crippen molar-refractivity contribution in [3.8, 4) is 0 Å². The Labute approximate surface area is 85.3 Å². The van der Waals surface area contributed by atoms with E-state index < -0.39 is 10.9 Å². The van der Waals surface area contributed by atoms with Gasteiger partial charge in [-0.15, -0.1) is 0 Å². The van der Waals surface area contributed by atoms with E-state index in [0.717, 1.165) is 5.69 Å². The van der Waals surface area contributed by atoms with Crippen LogP contribution >= 0.6 is 0 Å². The second-order valence-electron chi connectivity index (χ2n) is 3.12. The lowest BCUT2D eigenvalue weighted by Crippen LogP contribution is -2.36. The minimum absolute atomic E-state index is 0.0101. The molecular weight excluding hydrogens is 194 g/mol. The first-order valence-corrected chi connectivity index (χ1v) is 4.42. The number of nitrogens with zero attached hydrogens (tertiary/aromatic N) is 1. The highest BCUT2D eigenvalue weighted by Crippen LogP contribution is 2.09. The van der Waals surface area contributed by atoms with Crippen LogP contribution in [0.5, 0.6) is 0 Å². The molecule has 15 heavy (non-hydrogen) atoms. The van der Waals surface area contributed by atoms with Crippen molar-refractivity contribution < 1.29 is 0 Å². The van der Waals surface area contributed by atoms with E-state index in [1.54, 1.807) is 12.3 Å². The summed E-state index contributed by atoms with van der Waals surface area (Å²) in [4.78, 5) is 25.9. The first-order valence-electron chi connectivity index (χ1n) is 4.42. The minimum Gasteiger partial charge on any atom is -0.394 e. The molecule has 3 N–H and O–H groups in total. The zero-order valence-electron chi connectivity index (χ0n) is 7.86. The molecule has 0 aliphatic carbocycles. The van der Waals surface area contributed by atoms with E-state index in [9.17, 15) is 9.59 Å². The fraction of sp³-hybridized carbons (Fsp3) is 0.100. The van der Waals surface area contributed by atoms with Gasteiger partial charge in [0.2, 0.25) is 0 Å². The fourth-order valence-electron chi connectivity index (χ4n) is 1.27. The van der Waals surface area contributed by atoms with Crippen molar-refractivity contribution in [2.24, 2.45) is 0 Å². The zero-order chi connectivity index (χ0) is 10.8. The molecule has 0 bridgehead atoms. The Morgan fingerprint density at radius 3 is 2.67 bits per heavy atom. The van der Waals surface area contributed by atoms with Crippen LogP contribution in [0.25, 0.3) is 0 Å². The molecule has 0 aliphatic rings. The first-order chi connectivity index (χ1) is 7.20. The van der Waals surface area contributed by atoms with E-state index >= 15 is 0 Å². The molecule has 1 heterocycles. The molecule has 0 unspecified atom stereocenters. The molecule has 1 aromatic heterocycles. The molecule has 2 rings (SSSR count). The summed E-state index contributed by atoms with van der Waals surface area (Å²) in [5.41, 5.74) is 5.17. The summed E-state index contributed by atoms with van der Waals surface area (Å²) in [7, 11) is 0. The van der Waals surface area contributed by atoms with Crippen molar-refractivity contribution in [2.45, 2.75) is 6.54 Å². The molecule has 0 saturated heterocycles. The fourth-order valence-corrected chi connectivity index (χ4v) is 1.27. The maximum absolute atomic E-state index is 11.0. The monoisotopic (exact) mass is 203 g/mol. The quantitative estimate of drug-likeness (QED) is 0.679. The van der Waals surface area contributed by atoms with Crippen LogP contribution in [0, 0.1) is 0 Å². The third-order valence-electron chi connectivity index (χ3n) is 2.12. The van der Waals surface area contributed by atoms with Crippen LogP contribution in [0.3, 0.4) is 0 Å². The predicted molar refractivity (Wildman–Crippen MR) is 57.3 cm³/mol. The van der Waals surface area contributed by atoms with Gasteiger partial charge >= 0.3 is 0 Å². The van der Waals surface area contributed by atoms with Crippen molar-refractivity contribution in [3.63, 3.8) is 0 Å². The van der Waals surface area contributed by atoms with Crippen LogP contribution in [-0.2, 0) is 6.54 Å². The van der Waals surface area contributed by atoms with Crippen molar-refractivity contribution >= 4 is 11.4 Å². The second kappa shape index (κ2) is 3.53. The molecule has 0 spiro atoms. The van der Waals surface area contributed by atoms with Gasteiger partial charge in [0.25, 0.3) is 10.9 Å². The molecule has 0 saturated carbocycles. The van der Waals surface area contributed by atoms with E-state index in [1.807, 2.05) is 12.1 Å². The Balaban J connectivity index is 2.07. The van der Waals surface area contributed by atoms with Gasteiger partial charge < -0.3 is 11.1 Å². The predicted octanol–water partition coefficient (Wildman–Crippen LogP) is -0.128. The topological polar surface area (TPSA) is 85.1 Å². The molecule has 5 nitrogen and oxygen atoms in total. The number of aromatic nitrogens is 1. The van der Waals surface area contributed by atoms with Crippen LogP contribution in [0.15, 0.2) is 34.0 Å². The normalized spacial score (nSPS) is 10.4. The van der Waals surface area contributed by atoms with Gasteiger partial charge in [-0.3, -0.25) is 14.6 Å². The van der Waals surface area contributed by atoms with Crippen molar-refractivity contribution in [2.75, 3.05) is 11.1 Å². The summed E-state index contributed by atoms with van der Waals surface area (Å²) in [6.07, 6.45) is 1.66. The standard InChI is InChI=1S/C10H9N3O2/c11-7-8(10(15)9(7)14)13-5-6-3-1-2-4-12-6/h1-4,13H,5,11H2. The Bertz CT molecular complexity index is 541. The maximum atomic E-state index is 11.0. The Morgan fingerprint density at radius 2 is 2.07 bits per heavy atom. The summed E-state index contributed by atoms with van der Waals surface area (Å²) >= 11 is 0. The van der Waals surface area contributed by atoms with Gasteiger partial charge in [-0.05, 0) is 12.1 Å². The molecule has 0 radical (unpaired) electrons. The maximum Gasteiger partial charge on any atom is 0.253 e. The van der Waals surface area contributed by atoms with Gasteiger partial charge in [-0.2, -0.15) is 0 Å². The van der Waals surface area contributed by atoms with Crippen LogP contribution in [0.2, 0.25) is 0 Å². The third-order valence-corrected chi connectivity index (χ3v) is 2.12. The van der Waals surface area contributed by atoms with Crippen LogP contribution in [0.4, 0.5) is 11.4 Å².